The van der Waals surface area contributed by atoms with Crippen LogP contribution in [0.4, 0.5) is 0 Å². The highest BCUT2D eigenvalue weighted by molar-refractivity contribution is 7.80. The minimum atomic E-state index is -1.89. The summed E-state index contributed by atoms with van der Waals surface area (Å²) in [4.78, 5) is 198. The SMILES string of the molecule is CC(O)[C@H](NC(=O)[C@H](CCCCN)NC(=O)[C@@H](Cc1c[nH]c2ccccc12)NC(=O)[C@H](Cc1ccccc1)NC(=O)[C@H](Cc1ccccc1)NC(=O)[C@H](C)NC(=O)[C@H](CCCCN)NC(=O)[C@H](CS)NC(=O)CNC(=O)[C@H](N)C(C)C)C(=O)N[C@H](Cc1ccccc1)C(=O)N[C@H](C(=O)N[C@@H](CO)C(=O)N[C@@H](CS)C(=O)O)C(C)O. The first-order valence-corrected chi connectivity index (χ1v) is 38.7. The zero-order valence-corrected chi connectivity index (χ0v) is 66.0. The van der Waals surface area contributed by atoms with E-state index in [0.717, 1.165) is 13.8 Å². The number of aromatic amines is 1. The molecule has 114 heavy (non-hydrogen) atoms. The molecule has 2 unspecified atom stereocenters. The maximum absolute atomic E-state index is 15.3. The first kappa shape index (κ1) is 94.1. The second kappa shape index (κ2) is 48.5. The first-order chi connectivity index (χ1) is 54.3. The van der Waals surface area contributed by atoms with Crippen molar-refractivity contribution in [3.05, 3.63) is 144 Å². The fourth-order valence-electron chi connectivity index (χ4n) is 11.7. The second-order valence-corrected chi connectivity index (χ2v) is 28.6. The second-order valence-electron chi connectivity index (χ2n) is 27.9. The van der Waals surface area contributed by atoms with Gasteiger partial charge in [0.2, 0.25) is 76.8 Å². The third-order valence-corrected chi connectivity index (χ3v) is 19.1. The zero-order chi connectivity index (χ0) is 84.1. The summed E-state index contributed by atoms with van der Waals surface area (Å²) in [5, 5.41) is 75.0. The van der Waals surface area contributed by atoms with Gasteiger partial charge in [-0.1, -0.05) is 123 Å². The van der Waals surface area contributed by atoms with Gasteiger partial charge >= 0.3 is 5.97 Å². The quantitative estimate of drug-likeness (QED) is 0.0132. The van der Waals surface area contributed by atoms with E-state index in [1.165, 1.54) is 6.92 Å². The van der Waals surface area contributed by atoms with E-state index >= 15 is 14.4 Å². The van der Waals surface area contributed by atoms with Crippen LogP contribution in [-0.4, -0.2) is 237 Å². The molecular formula is C77H109N17O18S2. The van der Waals surface area contributed by atoms with Crippen LogP contribution in [0.25, 0.3) is 10.9 Å². The van der Waals surface area contributed by atoms with Gasteiger partial charge in [0.1, 0.15) is 72.5 Å². The maximum Gasteiger partial charge on any atom is 0.327 e. The van der Waals surface area contributed by atoms with Crippen LogP contribution in [0.3, 0.4) is 0 Å². The molecule has 0 aliphatic rings. The standard InChI is InChI=1S/C77H109N17O18S2/c1-42(2)62(80)74(108)82-38-61(98)84-59(40-113)73(107)86-52(29-17-19-31-78)66(100)83-43(3)65(99)87-54(33-46-21-9-6-10-22-46)68(102)88-55(34-47-23-11-7-12-24-47)69(103)89-57(36-49-37-81-51-28-16-15-27-50(49)51)70(104)85-53(30-18-20-32-79)67(101)93-63(44(4)96)75(109)90-56(35-48-25-13-8-14-26-48)71(105)94-64(45(5)97)76(110)91-58(39-95)72(106)92-60(41-114)77(111)112/h6-16,21-28,37,42-45,52-60,62-64,81,95-97,113-114H,17-20,29-36,38-41,78-80H2,1-5H3,(H,82,108)(H,83,100)(H,84,98)(H,85,104)(H,86,107)(H,87,99)(H,88,102)(H,89,103)(H,90,109)(H,91,110)(H,92,106)(H,93,101)(H,94,105)(H,111,112)/t43-,44?,45?,52-,53-,54-,55-,56+,57+,58-,59-,60-,62+,63-,64-/m0/s1. The van der Waals surface area contributed by atoms with Crippen molar-refractivity contribution >= 4 is 119 Å². The van der Waals surface area contributed by atoms with E-state index in [9.17, 15) is 73.2 Å². The Balaban J connectivity index is 1.43. The number of carbonyl (C=O) groups is 14. The highest BCUT2D eigenvalue weighted by Gasteiger charge is 2.39. The number of nitrogens with two attached hydrogens (primary N) is 3. The van der Waals surface area contributed by atoms with Gasteiger partial charge < -0.3 is 112 Å². The number of amides is 13. The summed E-state index contributed by atoms with van der Waals surface area (Å²) in [6, 6.07) is 12.5. The lowest BCUT2D eigenvalue weighted by atomic mass is 10.00. The minimum Gasteiger partial charge on any atom is -0.480 e. The summed E-state index contributed by atoms with van der Waals surface area (Å²) < 4.78 is 0. The molecule has 5 rings (SSSR count). The Morgan fingerprint density at radius 2 is 0.763 bits per heavy atom. The number of para-hydroxylation sites is 1. The van der Waals surface area contributed by atoms with Gasteiger partial charge in [-0.25, -0.2) is 4.79 Å². The molecule has 622 valence electrons. The molecule has 0 aliphatic carbocycles. The molecule has 1 aromatic heterocycles. The van der Waals surface area contributed by atoms with Gasteiger partial charge in [0.05, 0.1) is 31.4 Å². The molecule has 1 heterocycles. The number of carbonyl (C=O) groups excluding carboxylic acids is 13. The van der Waals surface area contributed by atoms with Gasteiger partial charge in [-0.2, -0.15) is 25.3 Å². The van der Waals surface area contributed by atoms with Crippen LogP contribution in [0, 0.1) is 5.92 Å². The van der Waals surface area contributed by atoms with Gasteiger partial charge in [-0.3, -0.25) is 62.3 Å². The lowest BCUT2D eigenvalue weighted by Gasteiger charge is -2.29. The molecule has 0 aliphatic heterocycles. The number of H-pyrrole nitrogens is 1. The number of hydrogen-bond donors (Lipinski definition) is 23. The first-order valence-electron chi connectivity index (χ1n) is 37.5. The lowest BCUT2D eigenvalue weighted by molar-refractivity contribution is -0.142. The predicted molar refractivity (Wildman–Crippen MR) is 429 cm³/mol. The molecular weight excluding hydrogens is 1520 g/mol. The number of unbranched alkanes of at least 4 members (excludes halogenated alkanes) is 2. The van der Waals surface area contributed by atoms with Crippen LogP contribution in [-0.2, 0) is 92.8 Å². The molecule has 15 atom stereocenters. The number of fused-ring (bicyclic) bond motifs is 1. The van der Waals surface area contributed by atoms with Gasteiger partial charge in [-0.15, -0.1) is 0 Å². The van der Waals surface area contributed by atoms with Crippen molar-refractivity contribution in [2.24, 2.45) is 23.1 Å². The maximum atomic E-state index is 15.3. The van der Waals surface area contributed by atoms with Crippen LogP contribution in [0.15, 0.2) is 121 Å². The number of hydrogen-bond acceptors (Lipinski definition) is 22. The highest BCUT2D eigenvalue weighted by atomic mass is 32.1. The molecule has 37 heteroatoms. The molecule has 5 aromatic rings. The van der Waals surface area contributed by atoms with Gasteiger partial charge in [0.15, 0.2) is 0 Å². The topological polar surface area (TPSA) is 570 Å². The van der Waals surface area contributed by atoms with E-state index in [1.807, 2.05) is 0 Å². The van der Waals surface area contributed by atoms with Crippen molar-refractivity contribution in [3.63, 3.8) is 0 Å². The van der Waals surface area contributed by atoms with E-state index in [2.05, 4.69) is 99.4 Å². The number of aliphatic hydroxyl groups excluding tert-OH is 3. The number of rotatable bonds is 49. The Morgan fingerprint density at radius 3 is 1.18 bits per heavy atom. The normalized spacial score (nSPS) is 15.2. The number of aliphatic carboxylic acids is 1. The van der Waals surface area contributed by atoms with Crippen molar-refractivity contribution in [2.45, 2.75) is 190 Å². The molecule has 4 aromatic carbocycles. The van der Waals surface area contributed by atoms with Crippen LogP contribution in [0.5, 0.6) is 0 Å². The Hall–Kier alpha value is -10.5. The van der Waals surface area contributed by atoms with Crippen molar-refractivity contribution in [3.8, 4) is 0 Å². The summed E-state index contributed by atoms with van der Waals surface area (Å²) in [7, 11) is 0. The van der Waals surface area contributed by atoms with E-state index in [0.29, 0.717) is 52.4 Å². The lowest BCUT2D eigenvalue weighted by Crippen LogP contribution is -2.63. The molecule has 13 amide bonds. The molecule has 0 spiro atoms. The Kier molecular flexibility index (Phi) is 40.0. The van der Waals surface area contributed by atoms with Crippen LogP contribution < -0.4 is 86.3 Å². The average molecular weight is 1620 g/mol. The van der Waals surface area contributed by atoms with Gasteiger partial charge in [-0.05, 0) is 107 Å². The summed E-state index contributed by atoms with van der Waals surface area (Å²) in [6.45, 7) is 5.90. The molecule has 35 nitrogen and oxygen atoms in total. The smallest absolute Gasteiger partial charge is 0.327 e. The van der Waals surface area contributed by atoms with E-state index in [4.69, 9.17) is 17.2 Å². The van der Waals surface area contributed by atoms with Crippen molar-refractivity contribution in [1.29, 1.82) is 0 Å². The number of benzene rings is 4. The highest BCUT2D eigenvalue weighted by Crippen LogP contribution is 2.21. The number of aliphatic hydroxyl groups is 3. The van der Waals surface area contributed by atoms with Gasteiger partial charge in [0.25, 0.3) is 0 Å². The Bertz CT molecular complexity index is 4020. The molecule has 0 bridgehead atoms. The van der Waals surface area contributed by atoms with Crippen LogP contribution in [0.1, 0.15) is 95.4 Å². The molecule has 24 N–H and O–H groups in total. The van der Waals surface area contributed by atoms with Crippen LogP contribution in [0.2, 0.25) is 0 Å². The number of thiol groups is 2. The number of aromatic nitrogens is 1. The van der Waals surface area contributed by atoms with E-state index in [-0.39, 0.29) is 75.5 Å². The number of nitrogens with one attached hydrogen (secondary N) is 14. The van der Waals surface area contributed by atoms with E-state index < -0.39 is 187 Å². The summed E-state index contributed by atoms with van der Waals surface area (Å²) >= 11 is 8.13. The minimum absolute atomic E-state index is 0.0361. The van der Waals surface area contributed by atoms with Crippen molar-refractivity contribution < 1.29 is 87.5 Å². The molecule has 0 radical (unpaired) electrons. The fraction of sp³-hybridized carbons (Fsp3) is 0.481. The molecule has 0 saturated heterocycles. The molecule has 0 fully saturated rings. The average Bonchev–Trinajstić information content (AvgIpc) is 1.75. The summed E-state index contributed by atoms with van der Waals surface area (Å²) in [6.07, 6.45) is -1.52. The number of carboxylic acid groups (broad SMARTS) is 1. The largest absolute Gasteiger partial charge is 0.480 e. The van der Waals surface area contributed by atoms with E-state index in [1.54, 1.807) is 135 Å². The van der Waals surface area contributed by atoms with Crippen LogP contribution >= 0.6 is 25.3 Å². The fourth-order valence-corrected chi connectivity index (χ4v) is 12.2. The number of carboxylic acids is 1. The predicted octanol–water partition coefficient (Wildman–Crippen LogP) is -3.67. The van der Waals surface area contributed by atoms with Crippen molar-refractivity contribution in [2.75, 3.05) is 37.7 Å². The van der Waals surface area contributed by atoms with Crippen molar-refractivity contribution in [1.82, 2.24) is 74.1 Å². The molecule has 0 saturated carbocycles. The van der Waals surface area contributed by atoms with Gasteiger partial charge in [0, 0.05) is 54.3 Å². The Morgan fingerprint density at radius 1 is 0.404 bits per heavy atom. The third kappa shape index (κ3) is 30.8. The third-order valence-electron chi connectivity index (χ3n) is 18.4. The monoisotopic (exact) mass is 1620 g/mol. The zero-order valence-electron chi connectivity index (χ0n) is 64.2. The Labute approximate surface area is 671 Å². The summed E-state index contributed by atoms with van der Waals surface area (Å²) in [5.41, 5.74) is 20.3. The summed E-state index contributed by atoms with van der Waals surface area (Å²) in [5.74, 6) is -14.5.